The van der Waals surface area contributed by atoms with Crippen LogP contribution in [-0.4, -0.2) is 5.91 Å². The van der Waals surface area contributed by atoms with Crippen molar-refractivity contribution in [2.24, 2.45) is 0 Å². The molecule has 4 aromatic carbocycles. The molecule has 5 heteroatoms. The number of amides is 1. The molecule has 31 heavy (non-hydrogen) atoms. The molecular weight excluding hydrogens is 449 g/mol. The zero-order valence-electron chi connectivity index (χ0n) is 16.5. The molecule has 0 aliphatic carbocycles. The Kier molecular flexibility index (Phi) is 5.39. The summed E-state index contributed by atoms with van der Waals surface area (Å²) in [6.07, 6.45) is 0.336. The van der Waals surface area contributed by atoms with Gasteiger partial charge in [-0.1, -0.05) is 83.3 Å². The van der Waals surface area contributed by atoms with E-state index in [1.54, 1.807) is 6.07 Å². The largest absolute Gasteiger partial charge is 0.308 e. The molecule has 0 fully saturated rings. The molecule has 0 spiro atoms. The number of anilines is 1. The van der Waals surface area contributed by atoms with Crippen molar-refractivity contribution < 1.29 is 4.79 Å². The van der Waals surface area contributed by atoms with Crippen LogP contribution < -0.4 is 4.90 Å². The van der Waals surface area contributed by atoms with Crippen LogP contribution in [0.15, 0.2) is 78.9 Å². The molecular formula is C26H18Cl3NO. The number of benzene rings is 4. The zero-order chi connectivity index (χ0) is 21.5. The van der Waals surface area contributed by atoms with Crippen molar-refractivity contribution in [1.29, 1.82) is 0 Å². The number of fused-ring (bicyclic) bond motifs is 3. The van der Waals surface area contributed by atoms with Crippen molar-refractivity contribution in [3.63, 3.8) is 0 Å². The van der Waals surface area contributed by atoms with Crippen LogP contribution >= 0.6 is 34.8 Å². The molecule has 0 aromatic heterocycles. The second-order valence-corrected chi connectivity index (χ2v) is 9.03. The fourth-order valence-electron chi connectivity index (χ4n) is 4.45. The molecule has 4 aromatic rings. The van der Waals surface area contributed by atoms with E-state index in [2.05, 4.69) is 18.2 Å². The first kappa shape index (κ1) is 20.4. The highest BCUT2D eigenvalue weighted by Crippen LogP contribution is 2.46. The average molecular weight is 467 g/mol. The van der Waals surface area contributed by atoms with Crippen LogP contribution in [0, 0.1) is 0 Å². The first-order valence-electron chi connectivity index (χ1n) is 10.0. The third kappa shape index (κ3) is 3.80. The van der Waals surface area contributed by atoms with Crippen LogP contribution in [0.25, 0.3) is 10.8 Å². The van der Waals surface area contributed by atoms with Crippen LogP contribution in [0.3, 0.4) is 0 Å². The molecule has 1 aliphatic heterocycles. The van der Waals surface area contributed by atoms with Gasteiger partial charge in [0.1, 0.15) is 0 Å². The number of carbonyl (C=O) groups excluding carboxylic acids is 1. The quantitative estimate of drug-likeness (QED) is 0.301. The molecule has 1 atom stereocenters. The maximum absolute atomic E-state index is 13.4. The maximum Gasteiger partial charge on any atom is 0.228 e. The Balaban J connectivity index is 1.70. The lowest BCUT2D eigenvalue weighted by Gasteiger charge is -2.36. The molecule has 0 bridgehead atoms. The number of hydrogen-bond acceptors (Lipinski definition) is 1. The van der Waals surface area contributed by atoms with E-state index in [4.69, 9.17) is 34.8 Å². The molecule has 0 saturated carbocycles. The van der Waals surface area contributed by atoms with Gasteiger partial charge < -0.3 is 4.90 Å². The molecule has 5 rings (SSSR count). The van der Waals surface area contributed by atoms with Crippen LogP contribution in [0.4, 0.5) is 5.69 Å². The van der Waals surface area contributed by atoms with E-state index < -0.39 is 0 Å². The summed E-state index contributed by atoms with van der Waals surface area (Å²) in [4.78, 5) is 15.2. The lowest BCUT2D eigenvalue weighted by molar-refractivity contribution is -0.119. The summed E-state index contributed by atoms with van der Waals surface area (Å²) >= 11 is 18.9. The fraction of sp³-hybridized carbons (Fsp3) is 0.115. The Morgan fingerprint density at radius 1 is 0.839 bits per heavy atom. The van der Waals surface area contributed by atoms with Gasteiger partial charge in [-0.25, -0.2) is 0 Å². The summed E-state index contributed by atoms with van der Waals surface area (Å²) in [6, 6.07) is 25.5. The number of rotatable bonds is 3. The second-order valence-electron chi connectivity index (χ2n) is 7.75. The molecule has 0 N–H and O–H groups in total. The first-order valence-corrected chi connectivity index (χ1v) is 11.2. The van der Waals surface area contributed by atoms with Gasteiger partial charge in [0.2, 0.25) is 5.91 Å². The van der Waals surface area contributed by atoms with Gasteiger partial charge >= 0.3 is 0 Å². The lowest BCUT2D eigenvalue weighted by Crippen LogP contribution is -2.36. The maximum atomic E-state index is 13.4. The van der Waals surface area contributed by atoms with Gasteiger partial charge in [0, 0.05) is 33.1 Å². The van der Waals surface area contributed by atoms with Crippen molar-refractivity contribution >= 4 is 57.2 Å². The van der Waals surface area contributed by atoms with Crippen LogP contribution in [-0.2, 0) is 11.3 Å². The summed E-state index contributed by atoms with van der Waals surface area (Å²) in [5.41, 5.74) is 3.93. The second kappa shape index (κ2) is 8.20. The van der Waals surface area contributed by atoms with Crippen molar-refractivity contribution in [3.05, 3.63) is 111 Å². The van der Waals surface area contributed by atoms with Gasteiger partial charge in [0.05, 0.1) is 6.54 Å². The van der Waals surface area contributed by atoms with Gasteiger partial charge in [-0.2, -0.15) is 0 Å². The number of halogens is 3. The van der Waals surface area contributed by atoms with Crippen LogP contribution in [0.2, 0.25) is 15.1 Å². The molecule has 1 amide bonds. The van der Waals surface area contributed by atoms with Gasteiger partial charge in [0.25, 0.3) is 0 Å². The summed E-state index contributed by atoms with van der Waals surface area (Å²) in [6.45, 7) is 0.464. The fourth-order valence-corrected chi connectivity index (χ4v) is 5.20. The predicted octanol–water partition coefficient (Wildman–Crippen LogP) is 7.87. The Bertz CT molecular complexity index is 1320. The third-order valence-corrected chi connectivity index (χ3v) is 6.63. The molecule has 1 aliphatic rings. The standard InChI is InChI=1S/C26H18Cl3NO/c27-18-6-3-4-16(12-18)15-30-24-11-8-17-5-1-2-7-20(17)26(24)22(14-25(30)31)21-10-9-19(28)13-23(21)29/h1-13,22H,14-15H2. The van der Waals surface area contributed by atoms with Crippen molar-refractivity contribution in [3.8, 4) is 0 Å². The van der Waals surface area contributed by atoms with Crippen molar-refractivity contribution in [1.82, 2.24) is 0 Å². The van der Waals surface area contributed by atoms with E-state index >= 15 is 0 Å². The topological polar surface area (TPSA) is 20.3 Å². The van der Waals surface area contributed by atoms with Gasteiger partial charge in [0.15, 0.2) is 0 Å². The highest BCUT2D eigenvalue weighted by atomic mass is 35.5. The minimum atomic E-state index is -0.144. The van der Waals surface area contributed by atoms with Gasteiger partial charge in [-0.3, -0.25) is 4.79 Å². The lowest BCUT2D eigenvalue weighted by atomic mass is 9.81. The highest BCUT2D eigenvalue weighted by molar-refractivity contribution is 6.35. The third-order valence-electron chi connectivity index (χ3n) is 5.83. The van der Waals surface area contributed by atoms with Crippen molar-refractivity contribution in [2.75, 3.05) is 4.90 Å². The van der Waals surface area contributed by atoms with E-state index in [1.165, 1.54) is 0 Å². The number of hydrogen-bond donors (Lipinski definition) is 0. The predicted molar refractivity (Wildman–Crippen MR) is 130 cm³/mol. The molecule has 154 valence electrons. The SMILES string of the molecule is O=C1CC(c2ccc(Cl)cc2Cl)c2c(ccc3ccccc23)N1Cc1cccc(Cl)c1. The minimum absolute atomic E-state index is 0.0544. The van der Waals surface area contributed by atoms with E-state index in [9.17, 15) is 4.79 Å². The van der Waals surface area contributed by atoms with E-state index in [-0.39, 0.29) is 11.8 Å². The molecule has 0 saturated heterocycles. The smallest absolute Gasteiger partial charge is 0.228 e. The van der Waals surface area contributed by atoms with E-state index in [0.29, 0.717) is 28.0 Å². The summed E-state index contributed by atoms with van der Waals surface area (Å²) in [7, 11) is 0. The number of carbonyl (C=O) groups is 1. The van der Waals surface area contributed by atoms with Crippen molar-refractivity contribution in [2.45, 2.75) is 18.9 Å². The Labute approximate surface area is 196 Å². The Morgan fingerprint density at radius 2 is 1.65 bits per heavy atom. The number of nitrogens with zero attached hydrogens (tertiary/aromatic N) is 1. The monoisotopic (exact) mass is 465 g/mol. The minimum Gasteiger partial charge on any atom is -0.308 e. The van der Waals surface area contributed by atoms with Crippen LogP contribution in [0.5, 0.6) is 0 Å². The molecule has 1 heterocycles. The highest BCUT2D eigenvalue weighted by Gasteiger charge is 2.34. The summed E-state index contributed by atoms with van der Waals surface area (Å²) in [5, 5.41) is 4.07. The summed E-state index contributed by atoms with van der Waals surface area (Å²) in [5.74, 6) is -0.0900. The normalized spacial score (nSPS) is 15.9. The van der Waals surface area contributed by atoms with Gasteiger partial charge in [-0.05, 0) is 57.8 Å². The summed E-state index contributed by atoms with van der Waals surface area (Å²) < 4.78 is 0. The molecule has 2 nitrogen and oxygen atoms in total. The molecule has 0 radical (unpaired) electrons. The Morgan fingerprint density at radius 3 is 2.45 bits per heavy atom. The Hall–Kier alpha value is -2.52. The zero-order valence-corrected chi connectivity index (χ0v) is 18.8. The van der Waals surface area contributed by atoms with Gasteiger partial charge in [-0.15, -0.1) is 0 Å². The molecule has 1 unspecified atom stereocenters. The van der Waals surface area contributed by atoms with E-state index in [0.717, 1.165) is 33.2 Å². The first-order chi connectivity index (χ1) is 15.0. The van der Waals surface area contributed by atoms with Crippen LogP contribution in [0.1, 0.15) is 29.0 Å². The van der Waals surface area contributed by atoms with E-state index in [1.807, 2.05) is 59.5 Å². The average Bonchev–Trinajstić information content (AvgIpc) is 2.75.